The van der Waals surface area contributed by atoms with Gasteiger partial charge in [-0.05, 0) is 95.2 Å². The number of methoxy groups -OCH3 is 2. The van der Waals surface area contributed by atoms with Gasteiger partial charge in [-0.25, -0.2) is 0 Å². The lowest BCUT2D eigenvalue weighted by Gasteiger charge is -2.37. The van der Waals surface area contributed by atoms with Crippen LogP contribution in [0.3, 0.4) is 0 Å². The van der Waals surface area contributed by atoms with Crippen LogP contribution in [0, 0.1) is 0 Å². The lowest BCUT2D eigenvalue weighted by molar-refractivity contribution is -0.00938. The Kier molecular flexibility index (Phi) is 21.5. The predicted octanol–water partition coefficient (Wildman–Crippen LogP) is 9.55. The second-order valence-corrected chi connectivity index (χ2v) is 21.7. The lowest BCUT2D eigenvalue weighted by Crippen LogP contribution is -2.38. The van der Waals surface area contributed by atoms with E-state index in [4.69, 9.17) is 46.5 Å². The zero-order valence-corrected chi connectivity index (χ0v) is 39.6. The van der Waals surface area contributed by atoms with Crippen LogP contribution in [0.1, 0.15) is 94.2 Å². The van der Waals surface area contributed by atoms with E-state index < -0.39 is 37.6 Å². The molecule has 0 spiro atoms. The van der Waals surface area contributed by atoms with Gasteiger partial charge in [0.2, 0.25) is 0 Å². The Morgan fingerprint density at radius 2 is 0.793 bits per heavy atom. The van der Waals surface area contributed by atoms with Crippen LogP contribution in [0.4, 0.5) is 0 Å². The average Bonchev–Trinajstić information content (AvgIpc) is 3.04. The van der Waals surface area contributed by atoms with E-state index in [-0.39, 0.29) is 26.2 Å². The van der Waals surface area contributed by atoms with Crippen molar-refractivity contribution in [2.24, 2.45) is 0 Å². The van der Waals surface area contributed by atoms with E-state index in [9.17, 15) is 9.13 Å². The molecule has 16 heteroatoms. The van der Waals surface area contributed by atoms with E-state index in [0.29, 0.717) is 64.1 Å². The van der Waals surface area contributed by atoms with Gasteiger partial charge in [0.1, 0.15) is 24.1 Å². The summed E-state index contributed by atoms with van der Waals surface area (Å²) in [6.07, 6.45) is -0.0809. The molecule has 0 saturated heterocycles. The highest BCUT2D eigenvalue weighted by atomic mass is 31.2. The smallest absolute Gasteiger partial charge is 0.345 e. The van der Waals surface area contributed by atoms with Gasteiger partial charge in [0.25, 0.3) is 0 Å². The molecule has 2 aromatic carbocycles. The minimum absolute atomic E-state index is 0.0304. The Balaban J connectivity index is 2.62. The van der Waals surface area contributed by atoms with E-state index >= 15 is 0 Å². The van der Waals surface area contributed by atoms with Gasteiger partial charge in [-0.15, -0.1) is 0 Å². The Bertz CT molecular complexity index is 1410. The molecule has 58 heavy (non-hydrogen) atoms. The van der Waals surface area contributed by atoms with E-state index in [1.54, 1.807) is 14.2 Å². The molecule has 334 valence electrons. The molecule has 0 amide bonds. The minimum Gasteiger partial charge on any atom is -0.467 e. The van der Waals surface area contributed by atoms with Crippen molar-refractivity contribution in [3.8, 4) is 11.5 Å². The first-order valence-electron chi connectivity index (χ1n) is 19.8. The van der Waals surface area contributed by atoms with Crippen LogP contribution in [-0.2, 0) is 59.3 Å². The maximum atomic E-state index is 14.8. The Labute approximate surface area is 349 Å². The molecule has 0 saturated carbocycles. The summed E-state index contributed by atoms with van der Waals surface area (Å²) in [6, 6.07) is 15.3. The van der Waals surface area contributed by atoms with Gasteiger partial charge in [0, 0.05) is 51.5 Å². The Morgan fingerprint density at radius 1 is 0.483 bits per heavy atom. The largest absolute Gasteiger partial charge is 0.467 e. The summed E-state index contributed by atoms with van der Waals surface area (Å²) in [4.78, 5) is 4.04. The fourth-order valence-corrected chi connectivity index (χ4v) is 10.7. The first-order valence-corrected chi connectivity index (χ1v) is 23.3. The summed E-state index contributed by atoms with van der Waals surface area (Å²) in [5, 5.41) is 0. The fraction of sp³-hybridized carbons (Fsp3) is 0.714. The second kappa shape index (κ2) is 23.9. The summed E-state index contributed by atoms with van der Waals surface area (Å²) < 4.78 is 88.2. The van der Waals surface area contributed by atoms with E-state index in [2.05, 4.69) is 0 Å². The molecule has 0 radical (unpaired) electrons. The molecule has 0 fully saturated rings. The normalized spacial score (nSPS) is 13.4. The molecular formula is C42H74N2O12P2. The Morgan fingerprint density at radius 3 is 1.09 bits per heavy atom. The van der Waals surface area contributed by atoms with Crippen LogP contribution in [0.15, 0.2) is 48.5 Å². The maximum Gasteiger partial charge on any atom is 0.345 e. The lowest BCUT2D eigenvalue weighted by atomic mass is 10.2. The van der Waals surface area contributed by atoms with Gasteiger partial charge in [-0.3, -0.25) is 18.9 Å². The number of hydrogen-bond acceptors (Lipinski definition) is 14. The van der Waals surface area contributed by atoms with Crippen molar-refractivity contribution < 1.29 is 55.6 Å². The summed E-state index contributed by atoms with van der Waals surface area (Å²) in [5.74, 6) is 1.23. The van der Waals surface area contributed by atoms with Crippen molar-refractivity contribution in [2.75, 3.05) is 79.9 Å². The summed E-state index contributed by atoms with van der Waals surface area (Å²) in [6.45, 7) is 25.3. The molecule has 0 atom stereocenters. The van der Waals surface area contributed by atoms with Crippen LogP contribution in [0.25, 0.3) is 0 Å². The fourth-order valence-electron chi connectivity index (χ4n) is 5.64. The van der Waals surface area contributed by atoms with Gasteiger partial charge in [0.15, 0.2) is 13.6 Å². The highest BCUT2D eigenvalue weighted by Gasteiger charge is 2.39. The van der Waals surface area contributed by atoms with Crippen LogP contribution >= 0.6 is 15.2 Å². The van der Waals surface area contributed by atoms with Crippen molar-refractivity contribution in [2.45, 2.75) is 119 Å². The molecule has 0 unspecified atom stereocenters. The van der Waals surface area contributed by atoms with Gasteiger partial charge >= 0.3 is 15.2 Å². The third kappa shape index (κ3) is 23.2. The molecule has 0 N–H and O–H groups in total. The van der Waals surface area contributed by atoms with Crippen LogP contribution in [0.2, 0.25) is 0 Å². The van der Waals surface area contributed by atoms with Crippen molar-refractivity contribution in [3.05, 3.63) is 59.7 Å². The second-order valence-electron chi connectivity index (χ2n) is 18.0. The molecule has 0 aliphatic carbocycles. The van der Waals surface area contributed by atoms with E-state index in [0.717, 1.165) is 11.1 Å². The highest BCUT2D eigenvalue weighted by molar-refractivity contribution is 7.54. The van der Waals surface area contributed by atoms with Crippen LogP contribution in [0.5, 0.6) is 11.5 Å². The summed E-state index contributed by atoms with van der Waals surface area (Å²) in [5.41, 5.74) is -1.39. The van der Waals surface area contributed by atoms with Gasteiger partial charge in [-0.2, -0.15) is 0 Å². The first-order chi connectivity index (χ1) is 26.8. The zero-order chi connectivity index (χ0) is 43.7. The van der Waals surface area contributed by atoms with Gasteiger partial charge in [-0.1, -0.05) is 36.4 Å². The SMILES string of the molecule is COCCOCOc1ccccc1CN(CCN(Cc1ccccc1OCOCCOC)CP(=O)(OC(C)(C)C)OC(C)(C)C)CP(=O)(OC(C)(C)C)OC(C)(C)C. The maximum absolute atomic E-state index is 14.8. The van der Waals surface area contributed by atoms with Gasteiger partial charge in [0.05, 0.1) is 48.8 Å². The van der Waals surface area contributed by atoms with Crippen molar-refractivity contribution in [1.82, 2.24) is 9.80 Å². The predicted molar refractivity (Wildman–Crippen MR) is 229 cm³/mol. The molecule has 0 aliphatic rings. The topological polar surface area (TPSA) is 133 Å². The third-order valence-electron chi connectivity index (χ3n) is 7.32. The average molecular weight is 861 g/mol. The molecule has 0 aromatic heterocycles. The molecule has 14 nitrogen and oxygen atoms in total. The minimum atomic E-state index is -3.78. The number of nitrogens with zero attached hydrogens (tertiary/aromatic N) is 2. The summed E-state index contributed by atoms with van der Waals surface area (Å²) >= 11 is 0. The number of rotatable bonds is 27. The highest BCUT2D eigenvalue weighted by Crippen LogP contribution is 2.56. The number of para-hydroxylation sites is 2. The molecular weight excluding hydrogens is 786 g/mol. The molecule has 0 bridgehead atoms. The van der Waals surface area contributed by atoms with Gasteiger partial charge < -0.3 is 46.5 Å². The monoisotopic (exact) mass is 860 g/mol. The van der Waals surface area contributed by atoms with Crippen molar-refractivity contribution in [1.29, 1.82) is 0 Å². The number of hydrogen-bond donors (Lipinski definition) is 0. The van der Waals surface area contributed by atoms with E-state index in [1.807, 2.05) is 141 Å². The molecule has 0 heterocycles. The zero-order valence-electron chi connectivity index (χ0n) is 37.8. The number of ether oxygens (including phenoxy) is 6. The van der Waals surface area contributed by atoms with Crippen molar-refractivity contribution in [3.63, 3.8) is 0 Å². The summed E-state index contributed by atoms with van der Waals surface area (Å²) in [7, 11) is -4.32. The molecule has 0 aliphatic heterocycles. The first kappa shape index (κ1) is 52.2. The van der Waals surface area contributed by atoms with Crippen LogP contribution < -0.4 is 9.47 Å². The number of benzene rings is 2. The van der Waals surface area contributed by atoms with Crippen molar-refractivity contribution >= 4 is 15.2 Å². The van der Waals surface area contributed by atoms with Crippen LogP contribution in [-0.4, -0.2) is 112 Å². The molecule has 2 aromatic rings. The molecule has 2 rings (SSSR count). The quantitative estimate of drug-likeness (QED) is 0.0480. The third-order valence-corrected chi connectivity index (χ3v) is 12.1. The Hall–Kier alpha value is -1.90. The standard InChI is InChI=1S/C42H74N2O12P2/c1-39(2,3)53-57(45,54-40(4,5)6)31-43(29-35-19-15-17-21-37(35)51-33-49-27-25-47-13)23-24-44(32-58(46,55-41(7,8)9)56-42(10,11)12)30-36-20-16-18-22-38(36)52-34-50-28-26-48-14/h15-22H,23-34H2,1-14H3. The van der Waals surface area contributed by atoms with E-state index in [1.165, 1.54) is 0 Å².